The maximum Gasteiger partial charge on any atom is 0.410 e. The van der Waals surface area contributed by atoms with Crippen molar-refractivity contribution in [3.63, 3.8) is 0 Å². The zero-order valence-electron chi connectivity index (χ0n) is 25.4. The highest BCUT2D eigenvalue weighted by Gasteiger charge is 2.49. The van der Waals surface area contributed by atoms with Crippen molar-refractivity contribution in [2.45, 2.75) is 75.2 Å². The molecule has 3 aromatic rings. The van der Waals surface area contributed by atoms with Crippen molar-refractivity contribution < 1.29 is 32.6 Å². The van der Waals surface area contributed by atoms with Gasteiger partial charge in [0.15, 0.2) is 0 Å². The van der Waals surface area contributed by atoms with Gasteiger partial charge >= 0.3 is 12.3 Å². The maximum absolute atomic E-state index is 13.0. The van der Waals surface area contributed by atoms with Crippen LogP contribution in [0.1, 0.15) is 57.4 Å². The van der Waals surface area contributed by atoms with E-state index in [4.69, 9.17) is 5.73 Å². The van der Waals surface area contributed by atoms with E-state index in [1.807, 2.05) is 60.7 Å². The summed E-state index contributed by atoms with van der Waals surface area (Å²) in [7, 11) is 1.07. The average molecular weight is 625 g/mol. The molecule has 0 atom stereocenters. The number of aromatic nitrogens is 1. The van der Waals surface area contributed by atoms with Crippen LogP contribution in [0.5, 0.6) is 0 Å². The summed E-state index contributed by atoms with van der Waals surface area (Å²) in [6, 6.07) is 19.0. The molecule has 1 aromatic heterocycles. The Kier molecular flexibility index (Phi) is 9.23. The highest BCUT2D eigenvalue weighted by molar-refractivity contribution is 5.92. The number of carbonyl (C=O) groups excluding carboxylic acids is 2. The van der Waals surface area contributed by atoms with E-state index in [0.29, 0.717) is 44.3 Å². The predicted molar refractivity (Wildman–Crippen MR) is 165 cm³/mol. The number of benzene rings is 2. The van der Waals surface area contributed by atoms with Crippen LogP contribution in [0.2, 0.25) is 0 Å². The topological polar surface area (TPSA) is 118 Å². The van der Waals surface area contributed by atoms with Gasteiger partial charge in [0.25, 0.3) is 0 Å². The zero-order chi connectivity index (χ0) is 32.4. The first-order chi connectivity index (χ1) is 21.2. The lowest BCUT2D eigenvalue weighted by molar-refractivity contribution is -0.148. The molecule has 240 valence electrons. The molecule has 2 saturated carbocycles. The summed E-state index contributed by atoms with van der Waals surface area (Å²) in [4.78, 5) is 30.3. The number of methoxy groups -OCH3 is 1. The molecule has 2 fully saturated rings. The Morgan fingerprint density at radius 2 is 1.64 bits per heavy atom. The summed E-state index contributed by atoms with van der Waals surface area (Å²) < 4.78 is 43.7. The second-order valence-electron chi connectivity index (χ2n) is 12.7. The largest absolute Gasteiger partial charge is 0.453 e. The van der Waals surface area contributed by atoms with E-state index in [1.165, 1.54) is 0 Å². The monoisotopic (exact) mass is 624 g/mol. The SMILES string of the molecule is COC(=O)N(CC(F)(F)F)C1CCC(CC(=O)Nc2cc(-c3ccccc3)c(-c3ccc(C4(N)CC(C)(O)C4)cc3)cn2)CC1. The average Bonchev–Trinajstić information content (AvgIpc) is 2.99. The van der Waals surface area contributed by atoms with Gasteiger partial charge in [0.2, 0.25) is 5.91 Å². The normalized spacial score (nSPS) is 24.8. The van der Waals surface area contributed by atoms with E-state index in [1.54, 1.807) is 13.1 Å². The minimum absolute atomic E-state index is 0.0248. The summed E-state index contributed by atoms with van der Waals surface area (Å²) >= 11 is 0. The molecule has 0 bridgehead atoms. The van der Waals surface area contributed by atoms with E-state index >= 15 is 0 Å². The lowest BCUT2D eigenvalue weighted by Gasteiger charge is -2.49. The van der Waals surface area contributed by atoms with E-state index in [-0.39, 0.29) is 18.2 Å². The van der Waals surface area contributed by atoms with Crippen molar-refractivity contribution in [1.29, 1.82) is 0 Å². The number of hydrogen-bond donors (Lipinski definition) is 3. The van der Waals surface area contributed by atoms with Gasteiger partial charge in [-0.25, -0.2) is 9.78 Å². The summed E-state index contributed by atoms with van der Waals surface area (Å²) in [5.74, 6) is 0.141. The molecular weight excluding hydrogens is 585 g/mol. The number of carbonyl (C=O) groups is 2. The lowest BCUT2D eigenvalue weighted by atomic mass is 9.63. The number of pyridine rings is 1. The molecule has 2 aliphatic rings. The smallest absolute Gasteiger partial charge is 0.410 e. The van der Waals surface area contributed by atoms with Crippen molar-refractivity contribution in [2.75, 3.05) is 19.0 Å². The fourth-order valence-corrected chi connectivity index (χ4v) is 6.87. The molecule has 11 heteroatoms. The van der Waals surface area contributed by atoms with E-state index in [0.717, 1.165) is 39.8 Å². The van der Waals surface area contributed by atoms with Crippen LogP contribution in [-0.4, -0.2) is 58.5 Å². The van der Waals surface area contributed by atoms with Gasteiger partial charge in [0.05, 0.1) is 12.7 Å². The number of nitrogens with two attached hydrogens (primary N) is 1. The fourth-order valence-electron chi connectivity index (χ4n) is 6.87. The Morgan fingerprint density at radius 3 is 2.22 bits per heavy atom. The Hall–Kier alpha value is -3.96. The molecule has 1 heterocycles. The number of amides is 2. The number of aliphatic hydroxyl groups is 1. The molecule has 0 radical (unpaired) electrons. The van der Waals surface area contributed by atoms with Crippen LogP contribution in [0.3, 0.4) is 0 Å². The molecule has 0 unspecified atom stereocenters. The third kappa shape index (κ3) is 7.83. The number of ether oxygens (including phenoxy) is 1. The minimum atomic E-state index is -4.53. The Labute approximate surface area is 260 Å². The number of hydrogen-bond acceptors (Lipinski definition) is 6. The molecule has 0 spiro atoms. The van der Waals surface area contributed by atoms with Crippen LogP contribution in [0.15, 0.2) is 66.9 Å². The van der Waals surface area contributed by atoms with Crippen molar-refractivity contribution in [3.05, 3.63) is 72.4 Å². The van der Waals surface area contributed by atoms with Gasteiger partial charge in [-0.15, -0.1) is 0 Å². The summed E-state index contributed by atoms with van der Waals surface area (Å²) in [5, 5.41) is 13.1. The first kappa shape index (κ1) is 32.4. The highest BCUT2D eigenvalue weighted by Crippen LogP contribution is 2.46. The first-order valence-electron chi connectivity index (χ1n) is 15.1. The van der Waals surface area contributed by atoms with E-state index < -0.39 is 36.0 Å². The quantitative estimate of drug-likeness (QED) is 0.259. The molecule has 0 saturated heterocycles. The summed E-state index contributed by atoms with van der Waals surface area (Å²) in [6.07, 6.45) is -0.853. The van der Waals surface area contributed by atoms with Crippen LogP contribution < -0.4 is 11.1 Å². The van der Waals surface area contributed by atoms with Crippen LogP contribution >= 0.6 is 0 Å². The van der Waals surface area contributed by atoms with Crippen molar-refractivity contribution in [3.8, 4) is 22.3 Å². The number of halogens is 3. The highest BCUT2D eigenvalue weighted by atomic mass is 19.4. The lowest BCUT2D eigenvalue weighted by Crippen LogP contribution is -2.58. The standard InChI is InChI=1S/C34H39F3N4O4/c1-32(44)19-33(38,20-32)25-12-10-24(11-13-25)28-18-39-29(17-27(28)23-6-4-3-5-7-23)40-30(42)16-22-8-14-26(15-9-22)41(31(43)45-2)21-34(35,36)37/h3-7,10-13,17-18,22,26,44H,8-9,14-16,19-21,38H2,1-2H3,(H,39,40,42). The molecule has 2 aromatic carbocycles. The second-order valence-corrected chi connectivity index (χ2v) is 12.7. The molecule has 45 heavy (non-hydrogen) atoms. The first-order valence-corrected chi connectivity index (χ1v) is 15.1. The van der Waals surface area contributed by atoms with Gasteiger partial charge in [0, 0.05) is 29.8 Å². The number of rotatable bonds is 8. The molecule has 5 rings (SSSR count). The zero-order valence-corrected chi connectivity index (χ0v) is 25.4. The van der Waals surface area contributed by atoms with Crippen LogP contribution in [0.25, 0.3) is 22.3 Å². The van der Waals surface area contributed by atoms with Gasteiger partial charge in [0.1, 0.15) is 12.4 Å². The number of alkyl halides is 3. The molecule has 2 amide bonds. The third-order valence-electron chi connectivity index (χ3n) is 8.91. The van der Waals surface area contributed by atoms with Crippen molar-refractivity contribution >= 4 is 17.8 Å². The van der Waals surface area contributed by atoms with Gasteiger partial charge in [-0.05, 0) is 79.7 Å². The maximum atomic E-state index is 13.0. The van der Waals surface area contributed by atoms with Gasteiger partial charge in [-0.2, -0.15) is 13.2 Å². The molecule has 4 N–H and O–H groups in total. The molecule has 2 aliphatic carbocycles. The molecule has 8 nitrogen and oxygen atoms in total. The van der Waals surface area contributed by atoms with Gasteiger partial charge in [-0.3, -0.25) is 9.69 Å². The Morgan fingerprint density at radius 1 is 1.02 bits per heavy atom. The number of anilines is 1. The summed E-state index contributed by atoms with van der Waals surface area (Å²) in [5.41, 5.74) is 9.83. The van der Waals surface area contributed by atoms with Gasteiger partial charge < -0.3 is 20.9 Å². The minimum Gasteiger partial charge on any atom is -0.453 e. The second kappa shape index (κ2) is 12.8. The number of nitrogens with one attached hydrogen (secondary N) is 1. The summed E-state index contributed by atoms with van der Waals surface area (Å²) in [6.45, 7) is 0.430. The van der Waals surface area contributed by atoms with E-state index in [9.17, 15) is 27.9 Å². The Balaban J connectivity index is 1.26. The van der Waals surface area contributed by atoms with Crippen LogP contribution in [0.4, 0.5) is 23.8 Å². The molecule has 0 aliphatic heterocycles. The third-order valence-corrected chi connectivity index (χ3v) is 8.91. The fraction of sp³-hybridized carbons (Fsp3) is 0.441. The van der Waals surface area contributed by atoms with Crippen molar-refractivity contribution in [2.24, 2.45) is 11.7 Å². The van der Waals surface area contributed by atoms with Crippen LogP contribution in [-0.2, 0) is 15.1 Å². The predicted octanol–water partition coefficient (Wildman–Crippen LogP) is 6.63. The molecular formula is C34H39F3N4O4. The Bertz CT molecular complexity index is 1500. The number of nitrogens with zero attached hydrogens (tertiary/aromatic N) is 2. The van der Waals surface area contributed by atoms with E-state index in [2.05, 4.69) is 15.0 Å². The van der Waals surface area contributed by atoms with Crippen molar-refractivity contribution in [1.82, 2.24) is 9.88 Å². The van der Waals surface area contributed by atoms with Crippen LogP contribution in [0, 0.1) is 5.92 Å². The van der Waals surface area contributed by atoms with Gasteiger partial charge in [-0.1, -0.05) is 54.6 Å².